The number of hydrogen-bond acceptors (Lipinski definition) is 0. The van der Waals surface area contributed by atoms with Gasteiger partial charge in [-0.25, -0.2) is 8.78 Å². The second kappa shape index (κ2) is 4.03. The zero-order valence-electron chi connectivity index (χ0n) is 7.68. The van der Waals surface area contributed by atoms with Crippen LogP contribution in [0.15, 0.2) is 36.5 Å². The molecule has 0 aliphatic carbocycles. The van der Waals surface area contributed by atoms with Crippen LogP contribution in [0.3, 0.4) is 0 Å². The summed E-state index contributed by atoms with van der Waals surface area (Å²) in [6.07, 6.45) is -0.851. The summed E-state index contributed by atoms with van der Waals surface area (Å²) in [6, 6.07) is 7.97. The van der Waals surface area contributed by atoms with Gasteiger partial charge in [0.2, 0.25) is 0 Å². The van der Waals surface area contributed by atoms with Crippen molar-refractivity contribution < 1.29 is 8.78 Å². The summed E-state index contributed by atoms with van der Waals surface area (Å²) >= 11 is 5.91. The minimum atomic E-state index is -2.53. The molecule has 1 nitrogen and oxygen atoms in total. The van der Waals surface area contributed by atoms with Crippen LogP contribution in [0.5, 0.6) is 0 Å². The van der Waals surface area contributed by atoms with Crippen molar-refractivity contribution in [2.75, 3.05) is 0 Å². The first-order valence-corrected chi connectivity index (χ1v) is 4.78. The van der Waals surface area contributed by atoms with Gasteiger partial charge in [0, 0.05) is 23.0 Å². The molecule has 78 valence electrons. The highest BCUT2D eigenvalue weighted by Crippen LogP contribution is 2.35. The van der Waals surface area contributed by atoms with Gasteiger partial charge in [0.15, 0.2) is 0 Å². The predicted molar refractivity (Wildman–Crippen MR) is 56.2 cm³/mol. The standard InChI is InChI=1S/C11H8ClF2N/c12-8-4-1-3-7(11(13)14)10(8)9-5-2-6-15-9/h1-6,11,15H. The smallest absolute Gasteiger partial charge is 0.264 e. The summed E-state index contributed by atoms with van der Waals surface area (Å²) < 4.78 is 25.5. The average Bonchev–Trinajstić information content (AvgIpc) is 2.70. The van der Waals surface area contributed by atoms with E-state index in [0.717, 1.165) is 0 Å². The van der Waals surface area contributed by atoms with E-state index < -0.39 is 6.43 Å². The van der Waals surface area contributed by atoms with Gasteiger partial charge < -0.3 is 4.98 Å². The van der Waals surface area contributed by atoms with Crippen molar-refractivity contribution in [2.24, 2.45) is 0 Å². The van der Waals surface area contributed by atoms with E-state index in [9.17, 15) is 8.78 Å². The number of H-pyrrole nitrogens is 1. The van der Waals surface area contributed by atoms with Gasteiger partial charge in [-0.3, -0.25) is 0 Å². The molecular weight excluding hydrogens is 220 g/mol. The van der Waals surface area contributed by atoms with E-state index in [-0.39, 0.29) is 5.56 Å². The first kappa shape index (κ1) is 10.2. The molecule has 15 heavy (non-hydrogen) atoms. The molecule has 0 fully saturated rings. The third-order valence-electron chi connectivity index (χ3n) is 2.15. The average molecular weight is 228 g/mol. The number of aromatic amines is 1. The Morgan fingerprint density at radius 3 is 2.53 bits per heavy atom. The second-order valence-electron chi connectivity index (χ2n) is 3.09. The van der Waals surface area contributed by atoms with E-state index in [2.05, 4.69) is 4.98 Å². The van der Waals surface area contributed by atoms with Gasteiger partial charge >= 0.3 is 0 Å². The summed E-state index contributed by atoms with van der Waals surface area (Å²) in [6.45, 7) is 0. The first-order valence-electron chi connectivity index (χ1n) is 4.40. The van der Waals surface area contributed by atoms with E-state index in [1.165, 1.54) is 12.1 Å². The molecule has 0 aliphatic heterocycles. The largest absolute Gasteiger partial charge is 0.361 e. The van der Waals surface area contributed by atoms with E-state index in [0.29, 0.717) is 16.3 Å². The lowest BCUT2D eigenvalue weighted by Crippen LogP contribution is -1.91. The molecule has 0 bridgehead atoms. The fraction of sp³-hybridized carbons (Fsp3) is 0.0909. The van der Waals surface area contributed by atoms with Crippen LogP contribution in [0.1, 0.15) is 12.0 Å². The van der Waals surface area contributed by atoms with Gasteiger partial charge in [-0.1, -0.05) is 23.7 Å². The Hall–Kier alpha value is -1.35. The molecule has 4 heteroatoms. The van der Waals surface area contributed by atoms with Crippen LogP contribution in [-0.4, -0.2) is 4.98 Å². The number of aromatic nitrogens is 1. The molecule has 0 aliphatic rings. The Balaban J connectivity index is 2.63. The number of hydrogen-bond donors (Lipinski definition) is 1. The second-order valence-corrected chi connectivity index (χ2v) is 3.50. The number of halogens is 3. The molecule has 1 aromatic heterocycles. The van der Waals surface area contributed by atoms with Crippen LogP contribution >= 0.6 is 11.6 Å². The highest BCUT2D eigenvalue weighted by Gasteiger charge is 2.16. The number of nitrogens with one attached hydrogen (secondary N) is 1. The summed E-state index contributed by atoms with van der Waals surface area (Å²) in [7, 11) is 0. The SMILES string of the molecule is FC(F)c1cccc(Cl)c1-c1ccc[nH]1. The van der Waals surface area contributed by atoms with Crippen molar-refractivity contribution in [3.05, 3.63) is 47.1 Å². The maximum atomic E-state index is 12.7. The highest BCUT2D eigenvalue weighted by atomic mass is 35.5. The van der Waals surface area contributed by atoms with Crippen molar-refractivity contribution in [3.8, 4) is 11.3 Å². The normalized spacial score (nSPS) is 10.9. The molecule has 2 aromatic rings. The summed E-state index contributed by atoms with van der Waals surface area (Å²) in [5.74, 6) is 0. The molecule has 0 radical (unpaired) electrons. The third-order valence-corrected chi connectivity index (χ3v) is 2.46. The Kier molecular flexibility index (Phi) is 2.73. The van der Waals surface area contributed by atoms with Crippen molar-refractivity contribution in [1.29, 1.82) is 0 Å². The maximum Gasteiger partial charge on any atom is 0.264 e. The van der Waals surface area contributed by atoms with Crippen LogP contribution < -0.4 is 0 Å². The first-order chi connectivity index (χ1) is 7.20. The van der Waals surface area contributed by atoms with Crippen molar-refractivity contribution in [2.45, 2.75) is 6.43 Å². The lowest BCUT2D eigenvalue weighted by Gasteiger charge is -2.08. The quantitative estimate of drug-likeness (QED) is 0.789. The number of benzene rings is 1. The third kappa shape index (κ3) is 1.88. The minimum Gasteiger partial charge on any atom is -0.361 e. The molecule has 1 heterocycles. The topological polar surface area (TPSA) is 15.8 Å². The van der Waals surface area contributed by atoms with Crippen molar-refractivity contribution >= 4 is 11.6 Å². The summed E-state index contributed by atoms with van der Waals surface area (Å²) in [5, 5.41) is 0.329. The molecule has 0 spiro atoms. The highest BCUT2D eigenvalue weighted by molar-refractivity contribution is 6.33. The molecule has 0 amide bonds. The van der Waals surface area contributed by atoms with Crippen LogP contribution in [0.4, 0.5) is 8.78 Å². The lowest BCUT2D eigenvalue weighted by atomic mass is 10.1. The number of rotatable bonds is 2. The van der Waals surface area contributed by atoms with E-state index in [4.69, 9.17) is 11.6 Å². The van der Waals surface area contributed by atoms with Gasteiger partial charge in [0.25, 0.3) is 6.43 Å². The lowest BCUT2D eigenvalue weighted by molar-refractivity contribution is 0.152. The van der Waals surface area contributed by atoms with Crippen molar-refractivity contribution in [3.63, 3.8) is 0 Å². The summed E-state index contributed by atoms with van der Waals surface area (Å²) in [4.78, 5) is 2.87. The van der Waals surface area contributed by atoms with Gasteiger partial charge in [-0.15, -0.1) is 0 Å². The zero-order valence-corrected chi connectivity index (χ0v) is 8.43. The molecule has 0 atom stereocenters. The fourth-order valence-corrected chi connectivity index (χ4v) is 1.78. The van der Waals surface area contributed by atoms with Gasteiger partial charge in [0.05, 0.1) is 5.02 Å². The van der Waals surface area contributed by atoms with Crippen LogP contribution in [0.2, 0.25) is 5.02 Å². The van der Waals surface area contributed by atoms with E-state index >= 15 is 0 Å². The Morgan fingerprint density at radius 2 is 1.93 bits per heavy atom. The van der Waals surface area contributed by atoms with E-state index in [1.807, 2.05) is 0 Å². The summed E-state index contributed by atoms with van der Waals surface area (Å²) in [5.41, 5.74) is 0.931. The van der Waals surface area contributed by atoms with Gasteiger partial charge in [0.1, 0.15) is 0 Å². The molecule has 0 saturated heterocycles. The molecule has 0 saturated carbocycles. The fourth-order valence-electron chi connectivity index (χ4n) is 1.49. The molecular formula is C11H8ClF2N. The Morgan fingerprint density at radius 1 is 1.13 bits per heavy atom. The van der Waals surface area contributed by atoms with Gasteiger partial charge in [-0.05, 0) is 18.2 Å². The minimum absolute atomic E-state index is 0.0510. The van der Waals surface area contributed by atoms with Crippen LogP contribution in [-0.2, 0) is 0 Å². The number of alkyl halides is 2. The predicted octanol–water partition coefficient (Wildman–Crippen LogP) is 4.27. The van der Waals surface area contributed by atoms with Gasteiger partial charge in [-0.2, -0.15) is 0 Å². The zero-order chi connectivity index (χ0) is 10.8. The van der Waals surface area contributed by atoms with Crippen molar-refractivity contribution in [1.82, 2.24) is 4.98 Å². The van der Waals surface area contributed by atoms with Crippen LogP contribution in [0, 0.1) is 0 Å². The molecule has 2 rings (SSSR count). The maximum absolute atomic E-state index is 12.7. The molecule has 1 aromatic carbocycles. The molecule has 1 N–H and O–H groups in total. The monoisotopic (exact) mass is 227 g/mol. The Bertz CT molecular complexity index is 452. The van der Waals surface area contributed by atoms with E-state index in [1.54, 1.807) is 24.4 Å². The Labute approximate surface area is 90.7 Å². The van der Waals surface area contributed by atoms with Crippen LogP contribution in [0.25, 0.3) is 11.3 Å². The molecule has 0 unspecified atom stereocenters.